The Bertz CT molecular complexity index is 790. The summed E-state index contributed by atoms with van der Waals surface area (Å²) in [5.41, 5.74) is 0.689. The van der Waals surface area contributed by atoms with Crippen LogP contribution in [0.5, 0.6) is 17.2 Å². The summed E-state index contributed by atoms with van der Waals surface area (Å²) in [7, 11) is -0.440. The molecule has 0 saturated carbocycles. The number of hydrogen-bond donors (Lipinski definition) is 3. The number of ether oxygens (including phenoxy) is 1. The molecule has 0 radical (unpaired) electrons. The van der Waals surface area contributed by atoms with Crippen LogP contribution in [-0.4, -0.2) is 35.8 Å². The molecule has 1 aromatic carbocycles. The molecule has 0 saturated heterocycles. The highest BCUT2D eigenvalue weighted by Crippen LogP contribution is 2.48. The average Bonchev–Trinajstić information content (AvgIpc) is 2.90. The molecule has 7 nitrogen and oxygen atoms in total. The SMILES string of the molecule is COc1ccc(-c2oc(C(Br)CCNS(=O)O)c(O[Si](C)(C)C)c2O)cc1. The lowest BCUT2D eigenvalue weighted by atomic mass is 10.1. The fourth-order valence-corrected chi connectivity index (χ4v) is 4.01. The Balaban J connectivity index is 2.39. The van der Waals surface area contributed by atoms with E-state index in [1.807, 2.05) is 19.6 Å². The van der Waals surface area contributed by atoms with Crippen LogP contribution in [-0.2, 0) is 11.3 Å². The predicted molar refractivity (Wildman–Crippen MR) is 111 cm³/mol. The molecule has 3 N–H and O–H groups in total. The minimum absolute atomic E-state index is 0.0549. The minimum atomic E-state index is -2.08. The van der Waals surface area contributed by atoms with E-state index in [0.29, 0.717) is 35.0 Å². The third-order valence-corrected chi connectivity index (χ3v) is 5.68. The van der Waals surface area contributed by atoms with Crippen molar-refractivity contribution in [3.8, 4) is 28.6 Å². The maximum Gasteiger partial charge on any atom is 0.242 e. The van der Waals surface area contributed by atoms with E-state index >= 15 is 0 Å². The van der Waals surface area contributed by atoms with E-state index < -0.39 is 19.6 Å². The number of aromatic hydroxyl groups is 1. The van der Waals surface area contributed by atoms with Crippen LogP contribution in [0.4, 0.5) is 0 Å². The predicted octanol–water partition coefficient (Wildman–Crippen LogP) is 4.43. The molecule has 0 bridgehead atoms. The maximum absolute atomic E-state index is 10.8. The Hall–Kier alpha value is -1.33. The zero-order valence-electron chi connectivity index (χ0n) is 15.6. The Morgan fingerprint density at radius 1 is 1.30 bits per heavy atom. The van der Waals surface area contributed by atoms with Gasteiger partial charge in [0.2, 0.25) is 25.3 Å². The van der Waals surface area contributed by atoms with Gasteiger partial charge in [0.15, 0.2) is 17.3 Å². The molecule has 2 rings (SSSR count). The van der Waals surface area contributed by atoms with Gasteiger partial charge in [-0.15, -0.1) is 0 Å². The van der Waals surface area contributed by atoms with Crippen molar-refractivity contribution in [1.82, 2.24) is 4.72 Å². The first-order valence-corrected chi connectivity index (χ1v) is 13.7. The van der Waals surface area contributed by atoms with Crippen molar-refractivity contribution >= 4 is 35.5 Å². The molecule has 2 unspecified atom stereocenters. The van der Waals surface area contributed by atoms with Gasteiger partial charge < -0.3 is 18.7 Å². The van der Waals surface area contributed by atoms with Gasteiger partial charge in [0.05, 0.1) is 11.9 Å². The number of rotatable bonds is 9. The van der Waals surface area contributed by atoms with Crippen molar-refractivity contribution in [2.75, 3.05) is 13.7 Å². The number of methoxy groups -OCH3 is 1. The number of hydrogen-bond acceptors (Lipinski definition) is 5. The Kier molecular flexibility index (Phi) is 7.52. The number of nitrogens with one attached hydrogen (secondary N) is 1. The number of benzene rings is 1. The lowest BCUT2D eigenvalue weighted by molar-refractivity contribution is 0.414. The van der Waals surface area contributed by atoms with Crippen LogP contribution < -0.4 is 13.9 Å². The van der Waals surface area contributed by atoms with Gasteiger partial charge in [0.25, 0.3) is 0 Å². The molecule has 27 heavy (non-hydrogen) atoms. The summed E-state index contributed by atoms with van der Waals surface area (Å²) in [4.78, 5) is -0.308. The molecular formula is C17H24BrNO6SSi. The molecule has 0 amide bonds. The van der Waals surface area contributed by atoms with Gasteiger partial charge >= 0.3 is 0 Å². The molecule has 0 aliphatic rings. The van der Waals surface area contributed by atoms with Crippen molar-refractivity contribution in [3.05, 3.63) is 30.0 Å². The molecule has 2 aromatic rings. The standard InChI is InChI=1S/C17H24BrNO6SSi/c1-23-12-7-5-11(6-8-12)15-14(20)17(25-27(2,3)4)16(24-15)13(18)9-10-19-26(21)22/h5-8,13,19-20H,9-10H2,1-4H3,(H,21,22). The molecule has 1 aromatic heterocycles. The molecule has 2 atom stereocenters. The molecule has 0 spiro atoms. The number of furan rings is 1. The van der Waals surface area contributed by atoms with E-state index in [2.05, 4.69) is 20.7 Å². The van der Waals surface area contributed by atoms with Crippen molar-refractivity contribution in [1.29, 1.82) is 0 Å². The van der Waals surface area contributed by atoms with Crippen LogP contribution in [0.2, 0.25) is 19.6 Å². The first-order chi connectivity index (χ1) is 12.6. The van der Waals surface area contributed by atoms with E-state index in [4.69, 9.17) is 18.1 Å². The van der Waals surface area contributed by atoms with Crippen molar-refractivity contribution in [2.45, 2.75) is 30.9 Å². The minimum Gasteiger partial charge on any atom is -0.539 e. The molecule has 0 aliphatic carbocycles. The molecule has 10 heteroatoms. The lowest BCUT2D eigenvalue weighted by Crippen LogP contribution is -2.29. The summed E-state index contributed by atoms with van der Waals surface area (Å²) in [6.07, 6.45) is 0.462. The Morgan fingerprint density at radius 2 is 1.93 bits per heavy atom. The quantitative estimate of drug-likeness (QED) is 0.280. The molecular weight excluding hydrogens is 454 g/mol. The molecule has 0 aliphatic heterocycles. The highest BCUT2D eigenvalue weighted by atomic mass is 79.9. The second-order valence-corrected chi connectivity index (χ2v) is 13.1. The highest BCUT2D eigenvalue weighted by molar-refractivity contribution is 9.09. The van der Waals surface area contributed by atoms with Crippen LogP contribution in [0.15, 0.2) is 28.7 Å². The first-order valence-electron chi connectivity index (χ1n) is 8.30. The summed E-state index contributed by atoms with van der Waals surface area (Å²) < 4.78 is 39.2. The van der Waals surface area contributed by atoms with Gasteiger partial charge in [-0.1, -0.05) is 15.9 Å². The highest BCUT2D eigenvalue weighted by Gasteiger charge is 2.30. The van der Waals surface area contributed by atoms with Gasteiger partial charge in [-0.3, -0.25) is 4.55 Å². The fourth-order valence-electron chi connectivity index (χ4n) is 2.38. The van der Waals surface area contributed by atoms with E-state index in [1.165, 1.54) is 0 Å². The number of halogens is 1. The lowest BCUT2D eigenvalue weighted by Gasteiger charge is -2.20. The molecule has 150 valence electrons. The summed E-state index contributed by atoms with van der Waals surface area (Å²) in [5, 5.41) is 10.8. The van der Waals surface area contributed by atoms with Gasteiger partial charge in [-0.2, -0.15) is 0 Å². The van der Waals surface area contributed by atoms with E-state index in [0.717, 1.165) is 0 Å². The molecule has 0 fully saturated rings. The largest absolute Gasteiger partial charge is 0.539 e. The van der Waals surface area contributed by atoms with Crippen LogP contribution in [0.25, 0.3) is 11.3 Å². The van der Waals surface area contributed by atoms with Gasteiger partial charge in [0.1, 0.15) is 5.75 Å². The molecule has 1 heterocycles. The van der Waals surface area contributed by atoms with Crippen molar-refractivity contribution < 1.29 is 27.4 Å². The first kappa shape index (κ1) is 22.0. The summed E-state index contributed by atoms with van der Waals surface area (Å²) >= 11 is 1.45. The Morgan fingerprint density at radius 3 is 2.44 bits per heavy atom. The van der Waals surface area contributed by atoms with Crippen LogP contribution in [0, 0.1) is 0 Å². The van der Waals surface area contributed by atoms with Crippen molar-refractivity contribution in [2.24, 2.45) is 0 Å². The van der Waals surface area contributed by atoms with Gasteiger partial charge in [-0.05, 0) is 50.3 Å². The fraction of sp³-hybridized carbons (Fsp3) is 0.412. The average molecular weight is 478 g/mol. The third-order valence-electron chi connectivity index (χ3n) is 3.53. The monoisotopic (exact) mass is 477 g/mol. The number of alkyl halides is 1. The zero-order valence-corrected chi connectivity index (χ0v) is 19.0. The van der Waals surface area contributed by atoms with Crippen LogP contribution >= 0.6 is 15.9 Å². The van der Waals surface area contributed by atoms with E-state index in [-0.39, 0.29) is 17.1 Å². The zero-order chi connectivity index (χ0) is 20.2. The summed E-state index contributed by atoms with van der Waals surface area (Å²) in [6, 6.07) is 7.14. The normalized spacial score (nSPS) is 14.0. The maximum atomic E-state index is 10.8. The van der Waals surface area contributed by atoms with Gasteiger partial charge in [0, 0.05) is 12.1 Å². The van der Waals surface area contributed by atoms with Gasteiger partial charge in [-0.25, -0.2) is 8.93 Å². The smallest absolute Gasteiger partial charge is 0.242 e. The summed E-state index contributed by atoms with van der Waals surface area (Å²) in [6.45, 7) is 6.31. The second-order valence-electron chi connectivity index (χ2n) is 6.82. The van der Waals surface area contributed by atoms with Crippen LogP contribution in [0.3, 0.4) is 0 Å². The second kappa shape index (κ2) is 9.24. The summed E-state index contributed by atoms with van der Waals surface area (Å²) in [5.74, 6) is 1.72. The topological polar surface area (TPSA) is 101 Å². The third kappa shape index (κ3) is 6.08. The van der Waals surface area contributed by atoms with E-state index in [1.54, 1.807) is 31.4 Å². The van der Waals surface area contributed by atoms with E-state index in [9.17, 15) is 9.32 Å². The van der Waals surface area contributed by atoms with Crippen LogP contribution in [0.1, 0.15) is 17.0 Å². The van der Waals surface area contributed by atoms with Crippen molar-refractivity contribution in [3.63, 3.8) is 0 Å². The Labute approximate surface area is 170 Å².